The summed E-state index contributed by atoms with van der Waals surface area (Å²) in [6, 6.07) is 9.72. The Morgan fingerprint density at radius 3 is 2.39 bits per heavy atom. The number of Topliss-reactive ketones (excluding diaryl/α,β-unsaturated/α-hetero) is 1. The molecule has 0 aliphatic heterocycles. The van der Waals surface area contributed by atoms with Gasteiger partial charge in [-0.1, -0.05) is 36.4 Å². The lowest BCUT2D eigenvalue weighted by atomic mass is 9.89. The van der Waals surface area contributed by atoms with Crippen molar-refractivity contribution in [3.8, 4) is 0 Å². The van der Waals surface area contributed by atoms with Gasteiger partial charge in [0.05, 0.1) is 0 Å². The fourth-order valence-electron chi connectivity index (χ4n) is 1.20. The Kier molecular flexibility index (Phi) is 4.84. The van der Waals surface area contributed by atoms with Crippen LogP contribution in [0.4, 0.5) is 0 Å². The summed E-state index contributed by atoms with van der Waals surface area (Å²) in [4.78, 5) is 22.9. The summed E-state index contributed by atoms with van der Waals surface area (Å²) in [6.45, 7) is 4.70. The minimum atomic E-state index is -1.07. The molecule has 0 aliphatic rings. The topological polar surface area (TPSA) is 43.4 Å². The maximum Gasteiger partial charge on any atom is 0.319 e. The third-order valence-corrected chi connectivity index (χ3v) is 2.81. The lowest BCUT2D eigenvalue weighted by Gasteiger charge is -2.18. The average molecular weight is 246 g/mol. The third kappa shape index (κ3) is 3.84. The minimum absolute atomic E-state index is 0.171. The molecule has 1 aromatic carbocycles. The average Bonchev–Trinajstić information content (AvgIpc) is 2.35. The lowest BCUT2D eigenvalue weighted by Crippen LogP contribution is -2.33. The molecule has 0 amide bonds. The van der Waals surface area contributed by atoms with Gasteiger partial charge in [0.15, 0.2) is 0 Å². The van der Waals surface area contributed by atoms with Crippen LogP contribution in [0.25, 0.3) is 6.08 Å². The number of carbonyl (C=O) groups excluding carboxylic acids is 2. The SMILES string of the molecule is CC(=O)C(C)(C)C(=O)OC/C=C/c1ccccc1. The fraction of sp³-hybridized carbons (Fsp3) is 0.333. The van der Waals surface area contributed by atoms with Crippen molar-refractivity contribution in [1.29, 1.82) is 0 Å². The first kappa shape index (κ1) is 14.2. The highest BCUT2D eigenvalue weighted by Crippen LogP contribution is 2.18. The molecular weight excluding hydrogens is 228 g/mol. The van der Waals surface area contributed by atoms with Crippen LogP contribution in [0, 0.1) is 5.41 Å². The summed E-state index contributed by atoms with van der Waals surface area (Å²) in [6.07, 6.45) is 3.62. The molecule has 0 radical (unpaired) electrons. The smallest absolute Gasteiger partial charge is 0.319 e. The Hall–Kier alpha value is -1.90. The monoisotopic (exact) mass is 246 g/mol. The van der Waals surface area contributed by atoms with Crippen molar-refractivity contribution in [3.63, 3.8) is 0 Å². The molecule has 0 N–H and O–H groups in total. The van der Waals surface area contributed by atoms with Crippen molar-refractivity contribution in [1.82, 2.24) is 0 Å². The number of ether oxygens (including phenoxy) is 1. The lowest BCUT2D eigenvalue weighted by molar-refractivity contribution is -0.156. The van der Waals surface area contributed by atoms with E-state index in [0.29, 0.717) is 0 Å². The Bertz CT molecular complexity index is 444. The summed E-state index contributed by atoms with van der Waals surface area (Å²) >= 11 is 0. The summed E-state index contributed by atoms with van der Waals surface area (Å²) in [5.41, 5.74) is -0.0278. The van der Waals surface area contributed by atoms with E-state index < -0.39 is 11.4 Å². The van der Waals surface area contributed by atoms with Gasteiger partial charge in [0.2, 0.25) is 0 Å². The van der Waals surface area contributed by atoms with E-state index in [-0.39, 0.29) is 12.4 Å². The summed E-state index contributed by atoms with van der Waals surface area (Å²) in [5, 5.41) is 0. The van der Waals surface area contributed by atoms with Crippen LogP contribution in [0.5, 0.6) is 0 Å². The van der Waals surface area contributed by atoms with Gasteiger partial charge in [-0.2, -0.15) is 0 Å². The van der Waals surface area contributed by atoms with Gasteiger partial charge in [-0.25, -0.2) is 0 Å². The zero-order valence-corrected chi connectivity index (χ0v) is 11.0. The zero-order chi connectivity index (χ0) is 13.6. The van der Waals surface area contributed by atoms with E-state index in [2.05, 4.69) is 0 Å². The van der Waals surface area contributed by atoms with Crippen LogP contribution in [-0.4, -0.2) is 18.4 Å². The first-order valence-corrected chi connectivity index (χ1v) is 5.84. The molecule has 3 nitrogen and oxygen atoms in total. The molecule has 1 rings (SSSR count). The van der Waals surface area contributed by atoms with Crippen LogP contribution in [0.1, 0.15) is 26.3 Å². The zero-order valence-electron chi connectivity index (χ0n) is 11.0. The second-order valence-electron chi connectivity index (χ2n) is 4.59. The van der Waals surface area contributed by atoms with Crippen molar-refractivity contribution in [2.24, 2.45) is 5.41 Å². The Balaban J connectivity index is 2.46. The molecule has 3 heteroatoms. The van der Waals surface area contributed by atoms with E-state index >= 15 is 0 Å². The molecule has 0 atom stereocenters. The minimum Gasteiger partial charge on any atom is -0.461 e. The summed E-state index contributed by atoms with van der Waals surface area (Å²) < 4.78 is 5.04. The van der Waals surface area contributed by atoms with Crippen molar-refractivity contribution >= 4 is 17.8 Å². The fourth-order valence-corrected chi connectivity index (χ4v) is 1.20. The predicted octanol–water partition coefficient (Wildman–Crippen LogP) is 2.86. The number of carbonyl (C=O) groups is 2. The Morgan fingerprint density at radius 1 is 1.22 bits per heavy atom. The molecule has 0 fully saturated rings. The van der Waals surface area contributed by atoms with Crippen molar-refractivity contribution in [2.75, 3.05) is 6.61 Å². The Morgan fingerprint density at radius 2 is 1.83 bits per heavy atom. The van der Waals surface area contributed by atoms with Crippen LogP contribution in [0.15, 0.2) is 36.4 Å². The number of ketones is 1. The highest BCUT2D eigenvalue weighted by Gasteiger charge is 2.34. The standard InChI is InChI=1S/C15H18O3/c1-12(16)15(2,3)14(17)18-11-7-10-13-8-5-4-6-9-13/h4-10H,11H2,1-3H3/b10-7+. The van der Waals surface area contributed by atoms with Crippen LogP contribution >= 0.6 is 0 Å². The molecule has 0 bridgehead atoms. The molecule has 0 spiro atoms. The van der Waals surface area contributed by atoms with Crippen LogP contribution in [-0.2, 0) is 14.3 Å². The second kappa shape index (κ2) is 6.15. The van der Waals surface area contributed by atoms with Gasteiger partial charge >= 0.3 is 5.97 Å². The maximum atomic E-state index is 11.6. The first-order valence-electron chi connectivity index (χ1n) is 5.84. The highest BCUT2D eigenvalue weighted by molar-refractivity contribution is 6.01. The van der Waals surface area contributed by atoms with E-state index in [0.717, 1.165) is 5.56 Å². The van der Waals surface area contributed by atoms with Gasteiger partial charge in [0.25, 0.3) is 0 Å². The molecule has 0 aliphatic carbocycles. The predicted molar refractivity (Wildman–Crippen MR) is 70.9 cm³/mol. The molecule has 1 aromatic rings. The maximum absolute atomic E-state index is 11.6. The van der Waals surface area contributed by atoms with E-state index in [9.17, 15) is 9.59 Å². The van der Waals surface area contributed by atoms with Crippen LogP contribution in [0.2, 0.25) is 0 Å². The molecular formula is C15H18O3. The molecule has 0 saturated carbocycles. The second-order valence-corrected chi connectivity index (χ2v) is 4.59. The van der Waals surface area contributed by atoms with Gasteiger partial charge in [0.1, 0.15) is 17.8 Å². The summed E-state index contributed by atoms with van der Waals surface area (Å²) in [7, 11) is 0. The van der Waals surface area contributed by atoms with Crippen molar-refractivity contribution < 1.29 is 14.3 Å². The van der Waals surface area contributed by atoms with Gasteiger partial charge < -0.3 is 4.74 Å². The van der Waals surface area contributed by atoms with Crippen molar-refractivity contribution in [3.05, 3.63) is 42.0 Å². The van der Waals surface area contributed by atoms with Gasteiger partial charge in [-0.15, -0.1) is 0 Å². The van der Waals surface area contributed by atoms with E-state index in [4.69, 9.17) is 4.74 Å². The molecule has 0 heterocycles. The number of hydrogen-bond donors (Lipinski definition) is 0. The first-order chi connectivity index (χ1) is 8.44. The van der Waals surface area contributed by atoms with Crippen LogP contribution < -0.4 is 0 Å². The molecule has 0 saturated heterocycles. The third-order valence-electron chi connectivity index (χ3n) is 2.81. The number of esters is 1. The number of rotatable bonds is 5. The quantitative estimate of drug-likeness (QED) is 0.592. The van der Waals surface area contributed by atoms with E-state index in [1.54, 1.807) is 19.9 Å². The van der Waals surface area contributed by atoms with Crippen molar-refractivity contribution in [2.45, 2.75) is 20.8 Å². The van der Waals surface area contributed by atoms with Gasteiger partial charge in [-0.3, -0.25) is 9.59 Å². The highest BCUT2D eigenvalue weighted by atomic mass is 16.5. The Labute approximate surface area is 107 Å². The van der Waals surface area contributed by atoms with E-state index in [1.165, 1.54) is 6.92 Å². The molecule has 96 valence electrons. The number of hydrogen-bond acceptors (Lipinski definition) is 3. The number of benzene rings is 1. The molecule has 18 heavy (non-hydrogen) atoms. The summed E-state index contributed by atoms with van der Waals surface area (Å²) in [5.74, 6) is -0.688. The molecule has 0 aromatic heterocycles. The normalized spacial score (nSPS) is 11.5. The van der Waals surface area contributed by atoms with E-state index in [1.807, 2.05) is 36.4 Å². The van der Waals surface area contributed by atoms with Crippen LogP contribution in [0.3, 0.4) is 0 Å². The van der Waals surface area contributed by atoms with Gasteiger partial charge in [0, 0.05) is 0 Å². The largest absolute Gasteiger partial charge is 0.461 e. The molecule has 0 unspecified atom stereocenters. The van der Waals surface area contributed by atoms with Gasteiger partial charge in [-0.05, 0) is 32.4 Å².